The molecule has 0 bridgehead atoms. The lowest BCUT2D eigenvalue weighted by Crippen LogP contribution is -1.98. The smallest absolute Gasteiger partial charge is 0.257 e. The molecule has 9 heteroatoms. The molecule has 0 unspecified atom stereocenters. The molecule has 0 aliphatic carbocycles. The topological polar surface area (TPSA) is 86.0 Å². The van der Waals surface area contributed by atoms with Gasteiger partial charge in [-0.1, -0.05) is 35.2 Å². The number of benzene rings is 1. The van der Waals surface area contributed by atoms with Crippen LogP contribution < -0.4 is 10.1 Å². The number of nitrogens with zero attached hydrogens (tertiary/aromatic N) is 4. The van der Waals surface area contributed by atoms with Gasteiger partial charge in [-0.2, -0.15) is 4.98 Å². The third kappa shape index (κ3) is 4.24. The molecule has 0 aliphatic heterocycles. The number of nitrogens with one attached hydrogen (secondary N) is 1. The van der Waals surface area contributed by atoms with Crippen LogP contribution in [0.1, 0.15) is 19.2 Å². The van der Waals surface area contributed by atoms with Gasteiger partial charge in [-0.25, -0.2) is 0 Å². The van der Waals surface area contributed by atoms with E-state index in [1.165, 1.54) is 11.3 Å². The summed E-state index contributed by atoms with van der Waals surface area (Å²) in [4.78, 5) is 4.41. The quantitative estimate of drug-likeness (QED) is 0.606. The minimum Gasteiger partial charge on any atom is -0.497 e. The highest BCUT2D eigenvalue weighted by Gasteiger charge is 2.11. The molecule has 0 saturated heterocycles. The standard InChI is InChI=1S/C15H17N5O2S2/c1-3-8-16-14-18-19-15(24-14)23-9-12-17-13(22-20-12)10-4-6-11(21-2)7-5-10/h4-7H,3,8-9H2,1-2H3,(H,16,18). The molecule has 7 nitrogen and oxygen atoms in total. The van der Waals surface area contributed by atoms with Gasteiger partial charge in [-0.05, 0) is 30.7 Å². The van der Waals surface area contributed by atoms with Crippen molar-refractivity contribution in [3.05, 3.63) is 30.1 Å². The van der Waals surface area contributed by atoms with Crippen LogP contribution in [0.4, 0.5) is 5.13 Å². The van der Waals surface area contributed by atoms with Crippen LogP contribution in [0.15, 0.2) is 33.1 Å². The van der Waals surface area contributed by atoms with Gasteiger partial charge in [0.15, 0.2) is 10.2 Å². The van der Waals surface area contributed by atoms with Gasteiger partial charge in [0.05, 0.1) is 12.9 Å². The Morgan fingerprint density at radius 2 is 2.08 bits per heavy atom. The Balaban J connectivity index is 1.58. The number of hydrogen-bond acceptors (Lipinski definition) is 9. The summed E-state index contributed by atoms with van der Waals surface area (Å²) in [6.45, 7) is 3.01. The third-order valence-corrected chi connectivity index (χ3v) is 5.07. The van der Waals surface area contributed by atoms with Crippen LogP contribution >= 0.6 is 23.1 Å². The van der Waals surface area contributed by atoms with Gasteiger partial charge in [0.1, 0.15) is 5.75 Å². The molecule has 3 aromatic rings. The van der Waals surface area contributed by atoms with E-state index >= 15 is 0 Å². The predicted molar refractivity (Wildman–Crippen MR) is 94.5 cm³/mol. The molecule has 3 rings (SSSR count). The molecule has 0 atom stereocenters. The molecule has 126 valence electrons. The second-order valence-corrected chi connectivity index (χ2v) is 7.03. The highest BCUT2D eigenvalue weighted by molar-refractivity contribution is 8.00. The molecule has 0 aliphatic rings. The van der Waals surface area contributed by atoms with E-state index in [4.69, 9.17) is 9.26 Å². The lowest BCUT2D eigenvalue weighted by Gasteiger charge is -1.98. The summed E-state index contributed by atoms with van der Waals surface area (Å²) < 4.78 is 11.3. The fourth-order valence-corrected chi connectivity index (χ4v) is 3.48. The number of thioether (sulfide) groups is 1. The highest BCUT2D eigenvalue weighted by Crippen LogP contribution is 2.28. The first kappa shape index (κ1) is 16.7. The lowest BCUT2D eigenvalue weighted by molar-refractivity contribution is 0.414. The van der Waals surface area contributed by atoms with Crippen molar-refractivity contribution in [3.8, 4) is 17.2 Å². The summed E-state index contributed by atoms with van der Waals surface area (Å²) in [5, 5.41) is 16.3. The van der Waals surface area contributed by atoms with E-state index in [9.17, 15) is 0 Å². The number of aromatic nitrogens is 4. The molecule has 24 heavy (non-hydrogen) atoms. The minimum absolute atomic E-state index is 0.496. The summed E-state index contributed by atoms with van der Waals surface area (Å²) in [5.41, 5.74) is 0.863. The van der Waals surface area contributed by atoms with Crippen LogP contribution in [0.5, 0.6) is 5.75 Å². The van der Waals surface area contributed by atoms with Crippen molar-refractivity contribution >= 4 is 28.2 Å². The Bertz CT molecular complexity index is 772. The Hall–Kier alpha value is -2.13. The van der Waals surface area contributed by atoms with Gasteiger partial charge in [-0.15, -0.1) is 10.2 Å². The molecule has 0 fully saturated rings. The molecule has 0 spiro atoms. The monoisotopic (exact) mass is 363 g/mol. The molecule has 1 aromatic carbocycles. The molecule has 0 amide bonds. The normalized spacial score (nSPS) is 10.8. The zero-order valence-corrected chi connectivity index (χ0v) is 15.0. The molecule has 2 aromatic heterocycles. The van der Waals surface area contributed by atoms with Gasteiger partial charge >= 0.3 is 0 Å². The molecular formula is C15H17N5O2S2. The van der Waals surface area contributed by atoms with Crippen molar-refractivity contribution in [2.75, 3.05) is 19.0 Å². The maximum absolute atomic E-state index is 5.31. The van der Waals surface area contributed by atoms with E-state index in [0.717, 1.165) is 33.7 Å². The van der Waals surface area contributed by atoms with E-state index < -0.39 is 0 Å². The van der Waals surface area contributed by atoms with Crippen molar-refractivity contribution in [2.45, 2.75) is 23.4 Å². The van der Waals surface area contributed by atoms with E-state index in [1.807, 2.05) is 24.3 Å². The van der Waals surface area contributed by atoms with Gasteiger partial charge in [-0.3, -0.25) is 0 Å². The Morgan fingerprint density at radius 1 is 1.25 bits per heavy atom. The number of hydrogen-bond donors (Lipinski definition) is 1. The predicted octanol–water partition coefficient (Wildman–Crippen LogP) is 3.71. The van der Waals surface area contributed by atoms with Crippen LogP contribution in [0.25, 0.3) is 11.5 Å². The van der Waals surface area contributed by atoms with Gasteiger partial charge < -0.3 is 14.6 Å². The first-order valence-corrected chi connectivity index (χ1v) is 9.26. The van der Waals surface area contributed by atoms with Crippen LogP contribution in [0.3, 0.4) is 0 Å². The Labute approximate surface area is 147 Å². The van der Waals surface area contributed by atoms with Gasteiger partial charge in [0.2, 0.25) is 5.13 Å². The summed E-state index contributed by atoms with van der Waals surface area (Å²) in [5.74, 6) is 2.50. The minimum atomic E-state index is 0.496. The average Bonchev–Trinajstić information content (AvgIpc) is 3.27. The van der Waals surface area contributed by atoms with Crippen molar-refractivity contribution in [1.29, 1.82) is 0 Å². The van der Waals surface area contributed by atoms with E-state index in [1.54, 1.807) is 18.9 Å². The fourth-order valence-electron chi connectivity index (χ4n) is 1.86. The molecule has 0 saturated carbocycles. The summed E-state index contributed by atoms with van der Waals surface area (Å²) in [7, 11) is 1.63. The zero-order chi connectivity index (χ0) is 16.8. The van der Waals surface area contributed by atoms with Gasteiger partial charge in [0.25, 0.3) is 5.89 Å². The largest absolute Gasteiger partial charge is 0.497 e. The van der Waals surface area contributed by atoms with Crippen molar-refractivity contribution in [3.63, 3.8) is 0 Å². The van der Waals surface area contributed by atoms with E-state index in [-0.39, 0.29) is 0 Å². The van der Waals surface area contributed by atoms with E-state index in [2.05, 4.69) is 32.6 Å². The van der Waals surface area contributed by atoms with Crippen molar-refractivity contribution < 1.29 is 9.26 Å². The second kappa shape index (κ2) is 8.11. The second-order valence-electron chi connectivity index (χ2n) is 4.83. The molecular weight excluding hydrogens is 346 g/mol. The van der Waals surface area contributed by atoms with Gasteiger partial charge in [0, 0.05) is 12.1 Å². The Morgan fingerprint density at radius 3 is 2.83 bits per heavy atom. The maximum Gasteiger partial charge on any atom is 0.257 e. The number of methoxy groups -OCH3 is 1. The third-order valence-electron chi connectivity index (χ3n) is 3.06. The average molecular weight is 363 g/mol. The highest BCUT2D eigenvalue weighted by atomic mass is 32.2. The van der Waals surface area contributed by atoms with Crippen LogP contribution in [-0.4, -0.2) is 34.0 Å². The zero-order valence-electron chi connectivity index (χ0n) is 13.4. The first-order chi connectivity index (χ1) is 11.8. The van der Waals surface area contributed by atoms with Crippen LogP contribution in [0, 0.1) is 0 Å². The number of rotatable bonds is 8. The lowest BCUT2D eigenvalue weighted by atomic mass is 10.2. The van der Waals surface area contributed by atoms with Crippen molar-refractivity contribution in [2.24, 2.45) is 0 Å². The fraction of sp³-hybridized carbons (Fsp3) is 0.333. The van der Waals surface area contributed by atoms with E-state index in [0.29, 0.717) is 17.5 Å². The summed E-state index contributed by atoms with van der Waals surface area (Å²) in [6.07, 6.45) is 1.05. The first-order valence-electron chi connectivity index (χ1n) is 7.45. The SMILES string of the molecule is CCCNc1nnc(SCc2noc(-c3ccc(OC)cc3)n2)s1. The number of ether oxygens (including phenoxy) is 1. The molecule has 2 heterocycles. The van der Waals surface area contributed by atoms with Crippen LogP contribution in [0.2, 0.25) is 0 Å². The maximum atomic E-state index is 5.31. The molecule has 1 N–H and O–H groups in total. The molecule has 0 radical (unpaired) electrons. The Kier molecular flexibility index (Phi) is 5.65. The van der Waals surface area contributed by atoms with Crippen molar-refractivity contribution in [1.82, 2.24) is 20.3 Å². The van der Waals surface area contributed by atoms with Crippen LogP contribution in [-0.2, 0) is 5.75 Å². The summed E-state index contributed by atoms with van der Waals surface area (Å²) in [6, 6.07) is 7.50. The number of anilines is 1. The summed E-state index contributed by atoms with van der Waals surface area (Å²) >= 11 is 3.07.